The molecule has 0 saturated carbocycles. The second kappa shape index (κ2) is 5.83. The number of carbonyl (C=O) groups excluding carboxylic acids is 1. The summed E-state index contributed by atoms with van der Waals surface area (Å²) >= 11 is 0. The van der Waals surface area contributed by atoms with Crippen molar-refractivity contribution in [3.8, 4) is 11.4 Å². The lowest BCUT2D eigenvalue weighted by atomic mass is 10.1. The molecular weight excluding hydrogens is 312 g/mol. The fraction of sp³-hybridized carbons (Fsp3) is 0.450. The number of fused-ring (bicyclic) bond motifs is 3. The number of anilines is 1. The first-order valence-corrected chi connectivity index (χ1v) is 9.30. The molecule has 2 aromatic rings. The van der Waals surface area contributed by atoms with Crippen LogP contribution in [0.1, 0.15) is 36.9 Å². The molecule has 0 unspecified atom stereocenters. The highest BCUT2D eigenvalue weighted by Gasteiger charge is 2.40. The third kappa shape index (κ3) is 2.49. The highest BCUT2D eigenvalue weighted by molar-refractivity contribution is 5.78. The zero-order chi connectivity index (χ0) is 16.8. The summed E-state index contributed by atoms with van der Waals surface area (Å²) in [6.45, 7) is 0.731. The normalized spacial score (nSPS) is 24.8. The van der Waals surface area contributed by atoms with Crippen molar-refractivity contribution in [2.45, 2.75) is 50.6 Å². The monoisotopic (exact) mass is 334 g/mol. The van der Waals surface area contributed by atoms with Crippen LogP contribution in [0.5, 0.6) is 0 Å². The Kier molecular flexibility index (Phi) is 3.47. The number of carbonyl (C=O) groups is 1. The van der Waals surface area contributed by atoms with Crippen molar-refractivity contribution in [3.63, 3.8) is 0 Å². The third-order valence-corrected chi connectivity index (χ3v) is 5.76. The molecule has 2 bridgehead atoms. The minimum Gasteiger partial charge on any atom is -0.354 e. The van der Waals surface area contributed by atoms with E-state index in [1.54, 1.807) is 0 Å². The van der Waals surface area contributed by atoms with Crippen LogP contribution in [0.15, 0.2) is 30.3 Å². The molecule has 5 nitrogen and oxygen atoms in total. The fourth-order valence-electron chi connectivity index (χ4n) is 4.57. The molecule has 3 heterocycles. The van der Waals surface area contributed by atoms with Crippen LogP contribution in [0.4, 0.5) is 5.82 Å². The van der Waals surface area contributed by atoms with Gasteiger partial charge in [0.1, 0.15) is 5.82 Å². The van der Waals surface area contributed by atoms with Crippen LogP contribution < -0.4 is 10.2 Å². The highest BCUT2D eigenvalue weighted by atomic mass is 16.1. The first-order valence-electron chi connectivity index (χ1n) is 9.30. The predicted octanol–water partition coefficient (Wildman–Crippen LogP) is 2.49. The Balaban J connectivity index is 1.63. The van der Waals surface area contributed by atoms with Crippen LogP contribution >= 0.6 is 0 Å². The van der Waals surface area contributed by atoms with Gasteiger partial charge >= 0.3 is 0 Å². The van der Waals surface area contributed by atoms with Crippen molar-refractivity contribution in [2.24, 2.45) is 0 Å². The summed E-state index contributed by atoms with van der Waals surface area (Å²) in [5.41, 5.74) is 3.58. The minimum atomic E-state index is 0.172. The molecule has 1 aliphatic carbocycles. The van der Waals surface area contributed by atoms with Gasteiger partial charge in [-0.15, -0.1) is 0 Å². The van der Waals surface area contributed by atoms with Crippen LogP contribution in [0, 0.1) is 0 Å². The van der Waals surface area contributed by atoms with Crippen molar-refractivity contribution >= 4 is 11.7 Å². The van der Waals surface area contributed by atoms with Crippen LogP contribution in [0.25, 0.3) is 11.4 Å². The zero-order valence-electron chi connectivity index (χ0n) is 14.2. The summed E-state index contributed by atoms with van der Waals surface area (Å²) < 4.78 is 0. The molecule has 25 heavy (non-hydrogen) atoms. The average molecular weight is 334 g/mol. The lowest BCUT2D eigenvalue weighted by molar-refractivity contribution is -0.121. The van der Waals surface area contributed by atoms with Gasteiger partial charge in [0.05, 0.1) is 0 Å². The zero-order valence-corrected chi connectivity index (χ0v) is 14.2. The molecule has 0 radical (unpaired) electrons. The molecular formula is C20H22N4O. The molecule has 2 saturated heterocycles. The number of hydrogen-bond acceptors (Lipinski definition) is 4. The van der Waals surface area contributed by atoms with Gasteiger partial charge in [0, 0.05) is 41.9 Å². The van der Waals surface area contributed by atoms with Crippen LogP contribution in [-0.4, -0.2) is 34.5 Å². The van der Waals surface area contributed by atoms with Crippen molar-refractivity contribution in [1.82, 2.24) is 15.3 Å². The summed E-state index contributed by atoms with van der Waals surface area (Å²) in [6, 6.07) is 10.9. The number of aryl methyl sites for hydroxylation is 1. The van der Waals surface area contributed by atoms with Crippen molar-refractivity contribution < 1.29 is 4.79 Å². The number of rotatable bonds is 2. The topological polar surface area (TPSA) is 58.1 Å². The van der Waals surface area contributed by atoms with Gasteiger partial charge in [-0.05, 0) is 32.1 Å². The number of hydrogen-bond donors (Lipinski definition) is 1. The molecule has 2 atom stereocenters. The Bertz CT molecular complexity index is 820. The SMILES string of the molecule is O=C1C[C@H]2CC[C@@H](CN1)N2c1nc(-c2ccccc2)nc2c1CCC2. The first-order chi connectivity index (χ1) is 12.3. The van der Waals surface area contributed by atoms with E-state index in [2.05, 4.69) is 22.3 Å². The van der Waals surface area contributed by atoms with E-state index in [1.807, 2.05) is 18.2 Å². The van der Waals surface area contributed by atoms with E-state index >= 15 is 0 Å². The first kappa shape index (κ1) is 14.9. The smallest absolute Gasteiger partial charge is 0.222 e. The molecule has 5 rings (SSSR count). The van der Waals surface area contributed by atoms with Gasteiger partial charge in [-0.1, -0.05) is 30.3 Å². The Morgan fingerprint density at radius 2 is 1.88 bits per heavy atom. The van der Waals surface area contributed by atoms with Gasteiger partial charge in [-0.25, -0.2) is 9.97 Å². The summed E-state index contributed by atoms with van der Waals surface area (Å²) in [6.07, 6.45) is 6.02. The van der Waals surface area contributed by atoms with E-state index in [-0.39, 0.29) is 11.9 Å². The molecule has 128 valence electrons. The Morgan fingerprint density at radius 1 is 1.04 bits per heavy atom. The van der Waals surface area contributed by atoms with E-state index in [9.17, 15) is 4.79 Å². The summed E-state index contributed by atoms with van der Waals surface area (Å²) in [7, 11) is 0. The van der Waals surface area contributed by atoms with Gasteiger partial charge in [-0.3, -0.25) is 4.79 Å². The van der Waals surface area contributed by atoms with Crippen LogP contribution in [-0.2, 0) is 17.6 Å². The molecule has 0 spiro atoms. The second-order valence-electron chi connectivity index (χ2n) is 7.32. The number of aromatic nitrogens is 2. The highest BCUT2D eigenvalue weighted by Crippen LogP contribution is 2.38. The van der Waals surface area contributed by atoms with E-state index in [0.717, 1.165) is 55.9 Å². The third-order valence-electron chi connectivity index (χ3n) is 5.76. The van der Waals surface area contributed by atoms with Crippen molar-refractivity contribution in [1.29, 1.82) is 0 Å². The number of nitrogens with one attached hydrogen (secondary N) is 1. The largest absolute Gasteiger partial charge is 0.354 e. The van der Waals surface area contributed by atoms with Gasteiger partial charge < -0.3 is 10.2 Å². The van der Waals surface area contributed by atoms with Gasteiger partial charge in [0.15, 0.2) is 5.82 Å². The molecule has 5 heteroatoms. The van der Waals surface area contributed by atoms with Crippen molar-refractivity contribution in [3.05, 3.63) is 41.6 Å². The summed E-state index contributed by atoms with van der Waals surface area (Å²) in [5.74, 6) is 2.08. The van der Waals surface area contributed by atoms with Crippen LogP contribution in [0.2, 0.25) is 0 Å². The fourth-order valence-corrected chi connectivity index (χ4v) is 4.57. The lowest BCUT2D eigenvalue weighted by Gasteiger charge is -2.30. The van der Waals surface area contributed by atoms with E-state index < -0.39 is 0 Å². The Morgan fingerprint density at radius 3 is 2.76 bits per heavy atom. The quantitative estimate of drug-likeness (QED) is 0.917. The number of benzene rings is 1. The molecule has 1 aromatic carbocycles. The van der Waals surface area contributed by atoms with E-state index in [1.165, 1.54) is 11.3 Å². The molecule has 1 aromatic heterocycles. The van der Waals surface area contributed by atoms with Gasteiger partial charge in [0.2, 0.25) is 5.91 Å². The molecule has 3 aliphatic rings. The number of nitrogens with zero attached hydrogens (tertiary/aromatic N) is 3. The average Bonchev–Trinajstić information content (AvgIpc) is 3.22. The molecule has 1 N–H and O–H groups in total. The minimum absolute atomic E-state index is 0.172. The maximum atomic E-state index is 12.0. The maximum absolute atomic E-state index is 12.0. The lowest BCUT2D eigenvalue weighted by Crippen LogP contribution is -2.39. The number of amides is 1. The van der Waals surface area contributed by atoms with E-state index in [0.29, 0.717) is 12.5 Å². The standard InChI is InChI=1S/C20H22N4O/c25-18-11-14-9-10-15(12-21-18)24(14)20-16-7-4-8-17(16)22-19(23-20)13-5-2-1-3-6-13/h1-3,5-6,14-15H,4,7-12H2,(H,21,25)/t14-,15+/m1/s1. The molecule has 2 aliphatic heterocycles. The summed E-state index contributed by atoms with van der Waals surface area (Å²) in [4.78, 5) is 24.3. The Hall–Kier alpha value is -2.43. The maximum Gasteiger partial charge on any atom is 0.222 e. The Labute approximate surface area is 147 Å². The molecule has 2 fully saturated rings. The predicted molar refractivity (Wildman–Crippen MR) is 96.4 cm³/mol. The van der Waals surface area contributed by atoms with E-state index in [4.69, 9.17) is 9.97 Å². The van der Waals surface area contributed by atoms with Gasteiger partial charge in [0.25, 0.3) is 0 Å². The van der Waals surface area contributed by atoms with Crippen LogP contribution in [0.3, 0.4) is 0 Å². The summed E-state index contributed by atoms with van der Waals surface area (Å²) in [5, 5.41) is 3.07. The van der Waals surface area contributed by atoms with Gasteiger partial charge in [-0.2, -0.15) is 0 Å². The second-order valence-corrected chi connectivity index (χ2v) is 7.32. The van der Waals surface area contributed by atoms with Crippen molar-refractivity contribution in [2.75, 3.05) is 11.4 Å². The molecule has 1 amide bonds.